The van der Waals surface area contributed by atoms with Crippen molar-refractivity contribution in [3.63, 3.8) is 0 Å². The van der Waals surface area contributed by atoms with Crippen molar-refractivity contribution in [3.05, 3.63) is 58.3 Å². The third-order valence-corrected chi connectivity index (χ3v) is 8.22. The SMILES string of the molecule is O=S(=O)(OS1(C(F)(F)F)C(C2=CC=C2)=Cc2ccc(F)cc21)C(F)(F)F. The summed E-state index contributed by atoms with van der Waals surface area (Å²) in [7, 11) is -11.8. The Hall–Kier alpha value is -1.79. The molecule has 1 aliphatic carbocycles. The van der Waals surface area contributed by atoms with Crippen molar-refractivity contribution in [3.8, 4) is 0 Å². The molecule has 0 amide bonds. The standard InChI is InChI=1S/C14H7F7O3S2/c15-10-5-4-9-6-11(8-2-1-3-8)25(12(9)7-10,13(16,17)18)24-26(22,23)14(19,20)21/h1-7H. The maximum absolute atomic E-state index is 14.0. The second-order valence-electron chi connectivity index (χ2n) is 5.14. The first-order valence-electron chi connectivity index (χ1n) is 6.62. The predicted octanol–water partition coefficient (Wildman–Crippen LogP) is 5.14. The fraction of sp³-hybridized carbons (Fsp3) is 0.143. The monoisotopic (exact) mass is 420 g/mol. The maximum atomic E-state index is 14.0. The van der Waals surface area contributed by atoms with Crippen LogP contribution < -0.4 is 0 Å². The predicted molar refractivity (Wildman–Crippen MR) is 79.6 cm³/mol. The third kappa shape index (κ3) is 2.67. The van der Waals surface area contributed by atoms with Crippen LogP contribution in [0.25, 0.3) is 6.08 Å². The number of rotatable bonds is 3. The molecule has 0 spiro atoms. The summed E-state index contributed by atoms with van der Waals surface area (Å²) in [5.74, 6) is -1.18. The molecule has 2 aliphatic rings. The molecule has 0 N–H and O–H groups in total. The van der Waals surface area contributed by atoms with Gasteiger partial charge in [0.25, 0.3) is 0 Å². The van der Waals surface area contributed by atoms with E-state index in [0.717, 1.165) is 30.4 Å². The topological polar surface area (TPSA) is 43.4 Å². The van der Waals surface area contributed by atoms with Crippen molar-refractivity contribution in [1.82, 2.24) is 0 Å². The zero-order chi connectivity index (χ0) is 19.5. The maximum Gasteiger partial charge on any atom is 0.523 e. The van der Waals surface area contributed by atoms with E-state index in [1.165, 1.54) is 6.08 Å². The highest BCUT2D eigenvalue weighted by atomic mass is 32.3. The summed E-state index contributed by atoms with van der Waals surface area (Å²) >= 11 is 0. The van der Waals surface area contributed by atoms with Crippen molar-refractivity contribution < 1.29 is 42.8 Å². The van der Waals surface area contributed by atoms with Crippen LogP contribution in [-0.2, 0) is 13.7 Å². The van der Waals surface area contributed by atoms with Gasteiger partial charge in [0.2, 0.25) is 0 Å². The van der Waals surface area contributed by atoms with E-state index in [0.29, 0.717) is 6.07 Å². The Balaban J connectivity index is 2.31. The van der Waals surface area contributed by atoms with Gasteiger partial charge in [-0.1, -0.05) is 24.3 Å². The number of fused-ring (bicyclic) bond motifs is 1. The number of hydrogen-bond acceptors (Lipinski definition) is 3. The van der Waals surface area contributed by atoms with Gasteiger partial charge in [0, 0.05) is 20.1 Å². The van der Waals surface area contributed by atoms with Crippen molar-refractivity contribution in [2.24, 2.45) is 0 Å². The summed E-state index contributed by atoms with van der Waals surface area (Å²) in [5.41, 5.74) is -12.1. The number of allylic oxidation sites excluding steroid dienone is 4. The lowest BCUT2D eigenvalue weighted by atomic mass is 10.1. The summed E-state index contributed by atoms with van der Waals surface area (Å²) in [4.78, 5) is -1.78. The van der Waals surface area contributed by atoms with Crippen LogP contribution in [0.3, 0.4) is 0 Å². The molecule has 142 valence electrons. The average Bonchev–Trinajstić information content (AvgIpc) is 2.70. The first-order valence-corrected chi connectivity index (χ1v) is 9.58. The van der Waals surface area contributed by atoms with Gasteiger partial charge in [-0.3, -0.25) is 0 Å². The zero-order valence-corrected chi connectivity index (χ0v) is 13.9. The van der Waals surface area contributed by atoms with Crippen molar-refractivity contribution in [1.29, 1.82) is 0 Å². The van der Waals surface area contributed by atoms with Gasteiger partial charge < -0.3 is 0 Å². The van der Waals surface area contributed by atoms with Crippen LogP contribution in [0.5, 0.6) is 0 Å². The molecule has 12 heteroatoms. The van der Waals surface area contributed by atoms with E-state index in [1.54, 1.807) is 0 Å². The van der Waals surface area contributed by atoms with Crippen molar-refractivity contribution in [2.45, 2.75) is 15.9 Å². The smallest absolute Gasteiger partial charge is 0.207 e. The van der Waals surface area contributed by atoms with Gasteiger partial charge in [0.15, 0.2) is 0 Å². The minimum absolute atomic E-state index is 0.147. The highest BCUT2D eigenvalue weighted by molar-refractivity contribution is 8.37. The summed E-state index contributed by atoms with van der Waals surface area (Å²) in [6.07, 6.45) is 4.49. The Bertz CT molecular complexity index is 971. The van der Waals surface area contributed by atoms with Gasteiger partial charge in [0.1, 0.15) is 5.82 Å². The molecular formula is C14H7F7O3S2. The van der Waals surface area contributed by atoms with Crippen LogP contribution >= 0.6 is 10.3 Å². The number of halogens is 7. The van der Waals surface area contributed by atoms with Gasteiger partial charge in [-0.25, -0.2) is 4.39 Å². The molecule has 0 saturated heterocycles. The van der Waals surface area contributed by atoms with Crippen LogP contribution in [-0.4, -0.2) is 19.4 Å². The summed E-state index contributed by atoms with van der Waals surface area (Å²) in [5, 5.41) is 0. The molecule has 3 rings (SSSR count). The molecule has 26 heavy (non-hydrogen) atoms. The molecule has 1 aliphatic heterocycles. The quantitative estimate of drug-likeness (QED) is 0.502. The van der Waals surface area contributed by atoms with Crippen LogP contribution in [0.1, 0.15) is 5.56 Å². The number of benzene rings is 1. The fourth-order valence-corrected chi connectivity index (χ4v) is 6.87. The number of hydrogen-bond donors (Lipinski definition) is 0. The summed E-state index contributed by atoms with van der Waals surface area (Å²) in [6.45, 7) is 0. The van der Waals surface area contributed by atoms with Gasteiger partial charge in [-0.15, -0.1) is 0 Å². The molecule has 0 fully saturated rings. The first kappa shape index (κ1) is 19.0. The van der Waals surface area contributed by atoms with Gasteiger partial charge >= 0.3 is 21.1 Å². The molecule has 1 atom stereocenters. The molecule has 1 heterocycles. The van der Waals surface area contributed by atoms with Gasteiger partial charge in [-0.2, -0.15) is 38.4 Å². The lowest BCUT2D eigenvalue weighted by Gasteiger charge is -2.40. The van der Waals surface area contributed by atoms with Crippen LogP contribution in [0.15, 0.2) is 51.8 Å². The minimum atomic E-state index is -6.63. The van der Waals surface area contributed by atoms with E-state index in [4.69, 9.17) is 0 Å². The lowest BCUT2D eigenvalue weighted by Crippen LogP contribution is -2.32. The molecule has 1 aromatic carbocycles. The van der Waals surface area contributed by atoms with Gasteiger partial charge in [-0.05, 0) is 29.3 Å². The third-order valence-electron chi connectivity index (χ3n) is 3.52. The lowest BCUT2D eigenvalue weighted by molar-refractivity contribution is -0.0545. The molecule has 0 bridgehead atoms. The first-order chi connectivity index (χ1) is 11.8. The van der Waals surface area contributed by atoms with Crippen molar-refractivity contribution in [2.75, 3.05) is 0 Å². The molecule has 1 unspecified atom stereocenters. The summed E-state index contributed by atoms with van der Waals surface area (Å²) < 4.78 is 120. The number of alkyl halides is 6. The Morgan fingerprint density at radius 3 is 2.12 bits per heavy atom. The largest absolute Gasteiger partial charge is 0.523 e. The second kappa shape index (κ2) is 5.60. The zero-order valence-electron chi connectivity index (χ0n) is 12.2. The molecule has 0 aromatic heterocycles. The minimum Gasteiger partial charge on any atom is -0.207 e. The summed E-state index contributed by atoms with van der Waals surface area (Å²) in [6, 6.07) is 2.07. The highest BCUT2D eigenvalue weighted by Gasteiger charge is 2.64. The molecule has 1 aromatic rings. The van der Waals surface area contributed by atoms with E-state index >= 15 is 0 Å². The van der Waals surface area contributed by atoms with E-state index in [-0.39, 0.29) is 11.1 Å². The van der Waals surface area contributed by atoms with E-state index in [2.05, 4.69) is 3.63 Å². The second-order valence-corrected chi connectivity index (χ2v) is 9.51. The van der Waals surface area contributed by atoms with E-state index < -0.39 is 47.1 Å². The van der Waals surface area contributed by atoms with Crippen LogP contribution in [0.4, 0.5) is 30.7 Å². The van der Waals surface area contributed by atoms with Crippen LogP contribution in [0, 0.1) is 5.82 Å². The Morgan fingerprint density at radius 2 is 1.65 bits per heavy atom. The van der Waals surface area contributed by atoms with Gasteiger partial charge in [0.05, 0.1) is 0 Å². The molecule has 0 saturated carbocycles. The normalized spacial score (nSPS) is 25.0. The Kier molecular flexibility index (Phi) is 4.09. The van der Waals surface area contributed by atoms with Crippen molar-refractivity contribution >= 4 is 26.5 Å². The highest BCUT2D eigenvalue weighted by Crippen LogP contribution is 2.79. The molecule has 0 radical (unpaired) electrons. The molecular weight excluding hydrogens is 413 g/mol. The van der Waals surface area contributed by atoms with E-state index in [9.17, 15) is 39.2 Å². The average molecular weight is 420 g/mol. The van der Waals surface area contributed by atoms with E-state index in [1.807, 2.05) is 0 Å². The Morgan fingerprint density at radius 1 is 1.04 bits per heavy atom. The Labute approximate surface area is 144 Å². The molecule has 3 nitrogen and oxygen atoms in total. The van der Waals surface area contributed by atoms with Crippen LogP contribution in [0.2, 0.25) is 0 Å². The fourth-order valence-electron chi connectivity index (χ4n) is 2.36.